The molecule has 1 aromatic carbocycles. The summed E-state index contributed by atoms with van der Waals surface area (Å²) in [5, 5.41) is 3.10. The van der Waals surface area contributed by atoms with E-state index in [-0.39, 0.29) is 30.4 Å². The second-order valence-electron chi connectivity index (χ2n) is 4.98. The van der Waals surface area contributed by atoms with Gasteiger partial charge in [-0.15, -0.1) is 12.4 Å². The van der Waals surface area contributed by atoms with E-state index in [0.717, 1.165) is 23.7 Å². The predicted octanol–water partition coefficient (Wildman–Crippen LogP) is 3.10. The highest BCUT2D eigenvalue weighted by Crippen LogP contribution is 2.35. The van der Waals surface area contributed by atoms with Gasteiger partial charge in [0.2, 0.25) is 5.91 Å². The average Bonchev–Trinajstić information content (AvgIpc) is 2.72. The molecule has 1 aliphatic carbocycles. The molecule has 0 aromatic heterocycles. The van der Waals surface area contributed by atoms with E-state index in [0.29, 0.717) is 6.42 Å². The molecule has 3 nitrogen and oxygen atoms in total. The monoisotopic (exact) mass is 346 g/mol. The molecule has 1 amide bonds. The average molecular weight is 348 g/mol. The van der Waals surface area contributed by atoms with Crippen molar-refractivity contribution in [3.8, 4) is 0 Å². The van der Waals surface area contributed by atoms with Gasteiger partial charge >= 0.3 is 0 Å². The van der Waals surface area contributed by atoms with Crippen LogP contribution in [-0.2, 0) is 11.2 Å². The van der Waals surface area contributed by atoms with Crippen LogP contribution in [0, 0.1) is 0 Å². The fourth-order valence-corrected chi connectivity index (χ4v) is 2.96. The highest BCUT2D eigenvalue weighted by Gasteiger charge is 2.25. The molecule has 1 aliphatic rings. The minimum Gasteiger partial charge on any atom is -0.349 e. The Hall–Kier alpha value is -0.580. The molecule has 0 aliphatic heterocycles. The van der Waals surface area contributed by atoms with Crippen molar-refractivity contribution < 1.29 is 4.79 Å². The molecule has 106 valence electrons. The van der Waals surface area contributed by atoms with Crippen molar-refractivity contribution in [1.29, 1.82) is 0 Å². The molecule has 0 spiro atoms. The third kappa shape index (κ3) is 4.20. The standard InChI is InChI=1S/C14H19BrN2O.ClH/c1-9(16)5-8-14(18)17-13-7-6-10-11(13)3-2-4-12(10)15;/h2-4,9,13H,5-8,16H2,1H3,(H,17,18);1H. The van der Waals surface area contributed by atoms with Crippen LogP contribution in [0.2, 0.25) is 0 Å². The Labute approximate surface area is 128 Å². The van der Waals surface area contributed by atoms with Crippen molar-refractivity contribution in [2.24, 2.45) is 5.73 Å². The minimum absolute atomic E-state index is 0. The third-order valence-corrected chi connectivity index (χ3v) is 4.12. The Morgan fingerprint density at radius 1 is 1.58 bits per heavy atom. The fourth-order valence-electron chi connectivity index (χ4n) is 2.38. The molecule has 19 heavy (non-hydrogen) atoms. The number of fused-ring (bicyclic) bond motifs is 1. The second kappa shape index (κ2) is 7.27. The van der Waals surface area contributed by atoms with E-state index < -0.39 is 0 Å². The molecule has 0 radical (unpaired) electrons. The zero-order valence-corrected chi connectivity index (χ0v) is 13.4. The van der Waals surface area contributed by atoms with Gasteiger partial charge in [-0.3, -0.25) is 4.79 Å². The van der Waals surface area contributed by atoms with Crippen molar-refractivity contribution >= 4 is 34.2 Å². The highest BCUT2D eigenvalue weighted by molar-refractivity contribution is 9.10. The van der Waals surface area contributed by atoms with E-state index >= 15 is 0 Å². The summed E-state index contributed by atoms with van der Waals surface area (Å²) in [5.74, 6) is 0.102. The van der Waals surface area contributed by atoms with Crippen LogP contribution in [0.4, 0.5) is 0 Å². The largest absolute Gasteiger partial charge is 0.349 e. The lowest BCUT2D eigenvalue weighted by Gasteiger charge is -2.15. The molecule has 1 aromatic rings. The number of nitrogens with one attached hydrogen (secondary N) is 1. The molecule has 2 rings (SSSR count). The van der Waals surface area contributed by atoms with Gasteiger partial charge in [-0.05, 0) is 43.4 Å². The van der Waals surface area contributed by atoms with Crippen molar-refractivity contribution in [3.05, 3.63) is 33.8 Å². The molecule has 2 atom stereocenters. The summed E-state index contributed by atoms with van der Waals surface area (Å²) < 4.78 is 1.15. The zero-order valence-electron chi connectivity index (χ0n) is 11.0. The van der Waals surface area contributed by atoms with Gasteiger partial charge in [-0.25, -0.2) is 0 Å². The van der Waals surface area contributed by atoms with E-state index in [9.17, 15) is 4.79 Å². The molecule has 0 saturated carbocycles. The molecular weight excluding hydrogens is 328 g/mol. The molecule has 0 bridgehead atoms. The maximum absolute atomic E-state index is 11.8. The van der Waals surface area contributed by atoms with Crippen LogP contribution in [0.3, 0.4) is 0 Å². The van der Waals surface area contributed by atoms with Crippen molar-refractivity contribution in [2.45, 2.75) is 44.7 Å². The minimum atomic E-state index is 0. The molecule has 0 saturated heterocycles. The molecule has 3 N–H and O–H groups in total. The predicted molar refractivity (Wildman–Crippen MR) is 83.5 cm³/mol. The van der Waals surface area contributed by atoms with Crippen LogP contribution in [0.1, 0.15) is 43.4 Å². The lowest BCUT2D eigenvalue weighted by molar-refractivity contribution is -0.122. The van der Waals surface area contributed by atoms with E-state index in [4.69, 9.17) is 5.73 Å². The smallest absolute Gasteiger partial charge is 0.220 e. The fraction of sp³-hybridized carbons (Fsp3) is 0.500. The van der Waals surface area contributed by atoms with Crippen LogP contribution in [0.15, 0.2) is 22.7 Å². The van der Waals surface area contributed by atoms with Gasteiger partial charge < -0.3 is 11.1 Å². The Kier molecular flexibility index (Phi) is 6.30. The summed E-state index contributed by atoms with van der Waals surface area (Å²) in [5.41, 5.74) is 8.24. The van der Waals surface area contributed by atoms with Gasteiger partial charge in [0, 0.05) is 16.9 Å². The first-order valence-electron chi connectivity index (χ1n) is 6.40. The Morgan fingerprint density at radius 3 is 3.00 bits per heavy atom. The maximum atomic E-state index is 11.8. The van der Waals surface area contributed by atoms with Crippen molar-refractivity contribution in [2.75, 3.05) is 0 Å². The van der Waals surface area contributed by atoms with Gasteiger partial charge in [-0.1, -0.05) is 28.1 Å². The van der Waals surface area contributed by atoms with Crippen LogP contribution in [0.5, 0.6) is 0 Å². The Balaban J connectivity index is 0.00000180. The molecular formula is C14H20BrClN2O. The van der Waals surface area contributed by atoms with Crippen LogP contribution in [-0.4, -0.2) is 11.9 Å². The number of carbonyl (C=O) groups excluding carboxylic acids is 1. The maximum Gasteiger partial charge on any atom is 0.220 e. The first-order chi connectivity index (χ1) is 8.58. The van der Waals surface area contributed by atoms with Gasteiger partial charge in [0.25, 0.3) is 0 Å². The number of benzene rings is 1. The van der Waals surface area contributed by atoms with E-state index in [1.165, 1.54) is 11.1 Å². The highest BCUT2D eigenvalue weighted by atomic mass is 79.9. The van der Waals surface area contributed by atoms with Gasteiger partial charge in [0.1, 0.15) is 0 Å². The lowest BCUT2D eigenvalue weighted by Crippen LogP contribution is -2.28. The van der Waals surface area contributed by atoms with Gasteiger partial charge in [0.05, 0.1) is 6.04 Å². The summed E-state index contributed by atoms with van der Waals surface area (Å²) >= 11 is 3.56. The number of halogens is 2. The molecule has 0 heterocycles. The summed E-state index contributed by atoms with van der Waals surface area (Å²) in [6.07, 6.45) is 3.26. The number of carbonyl (C=O) groups is 1. The number of rotatable bonds is 4. The summed E-state index contributed by atoms with van der Waals surface area (Å²) in [6.45, 7) is 1.93. The third-order valence-electron chi connectivity index (χ3n) is 3.38. The van der Waals surface area contributed by atoms with Crippen molar-refractivity contribution in [1.82, 2.24) is 5.32 Å². The molecule has 0 fully saturated rings. The first kappa shape index (κ1) is 16.5. The quantitative estimate of drug-likeness (QED) is 0.879. The van der Waals surface area contributed by atoms with Crippen LogP contribution in [0.25, 0.3) is 0 Å². The van der Waals surface area contributed by atoms with Crippen LogP contribution >= 0.6 is 28.3 Å². The van der Waals surface area contributed by atoms with Crippen LogP contribution < -0.4 is 11.1 Å². The summed E-state index contributed by atoms with van der Waals surface area (Å²) in [4.78, 5) is 11.8. The molecule has 5 heteroatoms. The van der Waals surface area contributed by atoms with E-state index in [2.05, 4.69) is 33.4 Å². The summed E-state index contributed by atoms with van der Waals surface area (Å²) in [6, 6.07) is 6.43. The van der Waals surface area contributed by atoms with Crippen molar-refractivity contribution in [3.63, 3.8) is 0 Å². The van der Waals surface area contributed by atoms with E-state index in [1.54, 1.807) is 0 Å². The van der Waals surface area contributed by atoms with Gasteiger partial charge in [-0.2, -0.15) is 0 Å². The number of hydrogen-bond acceptors (Lipinski definition) is 2. The summed E-state index contributed by atoms with van der Waals surface area (Å²) in [7, 11) is 0. The number of hydrogen-bond donors (Lipinski definition) is 2. The Bertz CT molecular complexity index is 451. The SMILES string of the molecule is CC(N)CCC(=O)NC1CCc2c(Br)cccc21.Cl. The number of amides is 1. The topological polar surface area (TPSA) is 55.1 Å². The first-order valence-corrected chi connectivity index (χ1v) is 7.19. The number of nitrogens with two attached hydrogens (primary N) is 1. The second-order valence-corrected chi connectivity index (χ2v) is 5.84. The van der Waals surface area contributed by atoms with E-state index in [1.807, 2.05) is 13.0 Å². The normalized spacial score (nSPS) is 18.4. The van der Waals surface area contributed by atoms with Gasteiger partial charge in [0.15, 0.2) is 0 Å². The Morgan fingerprint density at radius 2 is 2.32 bits per heavy atom. The lowest BCUT2D eigenvalue weighted by atomic mass is 10.1. The zero-order chi connectivity index (χ0) is 13.1. The molecule has 2 unspecified atom stereocenters.